The minimum atomic E-state index is 0.708. The van der Waals surface area contributed by atoms with Gasteiger partial charge in [0, 0.05) is 16.7 Å². The van der Waals surface area contributed by atoms with E-state index in [0.29, 0.717) is 5.82 Å². The van der Waals surface area contributed by atoms with Gasteiger partial charge in [-0.2, -0.15) is 0 Å². The van der Waals surface area contributed by atoms with Crippen molar-refractivity contribution in [1.82, 2.24) is 9.97 Å². The van der Waals surface area contributed by atoms with E-state index in [0.717, 1.165) is 39.2 Å². The molecule has 10 aromatic carbocycles. The monoisotopic (exact) mass is 736 g/mol. The van der Waals surface area contributed by atoms with Gasteiger partial charge in [-0.15, -0.1) is 0 Å². The van der Waals surface area contributed by atoms with Gasteiger partial charge in [-0.3, -0.25) is 0 Å². The predicted octanol–water partition coefficient (Wildman–Crippen LogP) is 15.1. The largest absolute Gasteiger partial charge is 0.228 e. The Labute approximate surface area is 337 Å². The lowest BCUT2D eigenvalue weighted by atomic mass is 9.89. The average Bonchev–Trinajstić information content (AvgIpc) is 3.31. The molecule has 0 aliphatic carbocycles. The maximum absolute atomic E-state index is 5.15. The highest BCUT2D eigenvalue weighted by Gasteiger charge is 2.16. The van der Waals surface area contributed by atoms with E-state index in [2.05, 4.69) is 200 Å². The third-order valence-electron chi connectivity index (χ3n) is 11.5. The van der Waals surface area contributed by atoms with E-state index < -0.39 is 0 Å². The Morgan fingerprint density at radius 2 is 0.793 bits per heavy atom. The zero-order valence-corrected chi connectivity index (χ0v) is 31.7. The maximum Gasteiger partial charge on any atom is 0.160 e. The summed E-state index contributed by atoms with van der Waals surface area (Å²) >= 11 is 0. The van der Waals surface area contributed by atoms with Crippen LogP contribution >= 0.6 is 0 Å². The standard InChI is InChI=1S/C56H36N2/c1-3-13-38(14-4-1)47-19-11-12-22-50(47)54-36-53(57-56(58-54)41-16-5-2-6-17-41)46-30-29-43-33-42(27-28-44(43)34-46)37-23-25-40(26-24-37)55-49-21-10-8-18-45(49)35-52-48-20-9-7-15-39(48)31-32-51(52)55/h1-36H. The van der Waals surface area contributed by atoms with Gasteiger partial charge in [0.25, 0.3) is 0 Å². The summed E-state index contributed by atoms with van der Waals surface area (Å²) in [5, 5.41) is 9.99. The number of hydrogen-bond acceptors (Lipinski definition) is 2. The SMILES string of the molecule is c1ccc(-c2nc(-c3ccc4cc(-c5ccc(-c6c7ccccc7cc7c6ccc6ccccc67)cc5)ccc4c3)cc(-c3ccccc3-c3ccccc3)n2)cc1. The number of benzene rings is 10. The molecule has 0 bridgehead atoms. The second-order valence-corrected chi connectivity index (χ2v) is 14.9. The van der Waals surface area contributed by atoms with Gasteiger partial charge in [0.05, 0.1) is 11.4 Å². The number of aromatic nitrogens is 2. The van der Waals surface area contributed by atoms with Crippen LogP contribution in [0.25, 0.3) is 110 Å². The first-order chi connectivity index (χ1) is 28.7. The molecule has 2 heteroatoms. The summed E-state index contributed by atoms with van der Waals surface area (Å²) in [5.74, 6) is 0.708. The van der Waals surface area contributed by atoms with E-state index in [1.54, 1.807) is 0 Å². The summed E-state index contributed by atoms with van der Waals surface area (Å²) < 4.78 is 0. The fraction of sp³-hybridized carbons (Fsp3) is 0. The van der Waals surface area contributed by atoms with Crippen molar-refractivity contribution >= 4 is 43.1 Å². The fourth-order valence-corrected chi connectivity index (χ4v) is 8.57. The van der Waals surface area contributed by atoms with Crippen molar-refractivity contribution in [2.24, 2.45) is 0 Å². The molecule has 2 nitrogen and oxygen atoms in total. The smallest absolute Gasteiger partial charge is 0.160 e. The molecule has 0 aliphatic rings. The van der Waals surface area contributed by atoms with Crippen LogP contribution in [0.15, 0.2) is 218 Å². The molecule has 58 heavy (non-hydrogen) atoms. The highest BCUT2D eigenvalue weighted by atomic mass is 14.9. The summed E-state index contributed by atoms with van der Waals surface area (Å²) in [5.41, 5.74) is 12.1. The second-order valence-electron chi connectivity index (χ2n) is 14.9. The van der Waals surface area contributed by atoms with Crippen LogP contribution in [-0.2, 0) is 0 Å². The molecule has 0 saturated heterocycles. The van der Waals surface area contributed by atoms with Gasteiger partial charge in [0.2, 0.25) is 0 Å². The van der Waals surface area contributed by atoms with E-state index in [1.165, 1.54) is 65.3 Å². The molecule has 1 heterocycles. The van der Waals surface area contributed by atoms with E-state index in [1.807, 2.05) is 18.2 Å². The highest BCUT2D eigenvalue weighted by molar-refractivity contribution is 6.20. The van der Waals surface area contributed by atoms with Crippen LogP contribution in [0.3, 0.4) is 0 Å². The molecule has 0 saturated carbocycles. The molecule has 0 radical (unpaired) electrons. The van der Waals surface area contributed by atoms with E-state index in [-0.39, 0.29) is 0 Å². The molecule has 0 unspecified atom stereocenters. The molecule has 0 fully saturated rings. The van der Waals surface area contributed by atoms with Crippen LogP contribution < -0.4 is 0 Å². The van der Waals surface area contributed by atoms with E-state index in [4.69, 9.17) is 9.97 Å². The Kier molecular flexibility index (Phi) is 8.19. The zero-order valence-electron chi connectivity index (χ0n) is 31.7. The van der Waals surface area contributed by atoms with Gasteiger partial charge in [-0.1, -0.05) is 194 Å². The van der Waals surface area contributed by atoms with Crippen LogP contribution in [0.1, 0.15) is 0 Å². The Hall–Kier alpha value is -7.68. The van der Waals surface area contributed by atoms with Gasteiger partial charge in [-0.25, -0.2) is 9.97 Å². The first-order valence-corrected chi connectivity index (χ1v) is 19.8. The Morgan fingerprint density at radius 1 is 0.241 bits per heavy atom. The van der Waals surface area contributed by atoms with Crippen molar-refractivity contribution in [3.05, 3.63) is 218 Å². The Morgan fingerprint density at radius 3 is 1.57 bits per heavy atom. The third kappa shape index (κ3) is 6.00. The molecule has 1 aromatic heterocycles. The molecule has 270 valence electrons. The van der Waals surface area contributed by atoms with Crippen molar-refractivity contribution in [3.63, 3.8) is 0 Å². The van der Waals surface area contributed by atoms with Crippen molar-refractivity contribution in [2.75, 3.05) is 0 Å². The molecule has 11 rings (SSSR count). The van der Waals surface area contributed by atoms with Crippen molar-refractivity contribution in [1.29, 1.82) is 0 Å². The summed E-state index contributed by atoms with van der Waals surface area (Å²) in [6, 6.07) is 78.3. The lowest BCUT2D eigenvalue weighted by Crippen LogP contribution is -1.97. The summed E-state index contributed by atoms with van der Waals surface area (Å²) in [7, 11) is 0. The first kappa shape index (κ1) is 33.6. The minimum Gasteiger partial charge on any atom is -0.228 e. The summed E-state index contributed by atoms with van der Waals surface area (Å²) in [6.07, 6.45) is 0. The number of nitrogens with zero attached hydrogens (tertiary/aromatic N) is 2. The predicted molar refractivity (Wildman–Crippen MR) is 245 cm³/mol. The average molecular weight is 737 g/mol. The van der Waals surface area contributed by atoms with Crippen LogP contribution in [0.2, 0.25) is 0 Å². The number of rotatable bonds is 6. The lowest BCUT2D eigenvalue weighted by molar-refractivity contribution is 1.18. The van der Waals surface area contributed by atoms with E-state index >= 15 is 0 Å². The summed E-state index contributed by atoms with van der Waals surface area (Å²) in [4.78, 5) is 10.3. The normalized spacial score (nSPS) is 11.4. The molecule has 0 spiro atoms. The van der Waals surface area contributed by atoms with Crippen LogP contribution in [-0.4, -0.2) is 9.97 Å². The number of fused-ring (bicyclic) bond motifs is 5. The zero-order chi connectivity index (χ0) is 38.4. The third-order valence-corrected chi connectivity index (χ3v) is 11.5. The first-order valence-electron chi connectivity index (χ1n) is 19.8. The van der Waals surface area contributed by atoms with Crippen LogP contribution in [0.4, 0.5) is 0 Å². The van der Waals surface area contributed by atoms with Gasteiger partial charge in [-0.05, 0) is 101 Å². The lowest BCUT2D eigenvalue weighted by Gasteiger charge is -2.15. The Bertz CT molecular complexity index is 3310. The molecular weight excluding hydrogens is 701 g/mol. The van der Waals surface area contributed by atoms with Gasteiger partial charge in [0.1, 0.15) is 0 Å². The molecule has 0 N–H and O–H groups in total. The van der Waals surface area contributed by atoms with Gasteiger partial charge < -0.3 is 0 Å². The topological polar surface area (TPSA) is 25.8 Å². The van der Waals surface area contributed by atoms with Crippen LogP contribution in [0, 0.1) is 0 Å². The minimum absolute atomic E-state index is 0.708. The molecular formula is C56H36N2. The second kappa shape index (κ2) is 14.1. The van der Waals surface area contributed by atoms with E-state index in [9.17, 15) is 0 Å². The maximum atomic E-state index is 5.15. The highest BCUT2D eigenvalue weighted by Crippen LogP contribution is 2.40. The van der Waals surface area contributed by atoms with Gasteiger partial charge >= 0.3 is 0 Å². The molecule has 0 aliphatic heterocycles. The van der Waals surface area contributed by atoms with Crippen molar-refractivity contribution in [2.45, 2.75) is 0 Å². The van der Waals surface area contributed by atoms with Crippen LogP contribution in [0.5, 0.6) is 0 Å². The molecule has 11 aromatic rings. The van der Waals surface area contributed by atoms with Crippen molar-refractivity contribution < 1.29 is 0 Å². The molecule has 0 amide bonds. The Balaban J connectivity index is 0.967. The van der Waals surface area contributed by atoms with Crippen molar-refractivity contribution in [3.8, 4) is 67.3 Å². The summed E-state index contributed by atoms with van der Waals surface area (Å²) in [6.45, 7) is 0. The quantitative estimate of drug-likeness (QED) is 0.125. The molecule has 0 atom stereocenters. The van der Waals surface area contributed by atoms with Gasteiger partial charge in [0.15, 0.2) is 5.82 Å². The fourth-order valence-electron chi connectivity index (χ4n) is 8.57. The number of hydrogen-bond donors (Lipinski definition) is 0.